The normalized spacial score (nSPS) is 17.4. The number of rotatable bonds is 7. The summed E-state index contributed by atoms with van der Waals surface area (Å²) in [5.74, 6) is -4.48. The van der Waals surface area contributed by atoms with Gasteiger partial charge in [-0.1, -0.05) is 23.7 Å². The van der Waals surface area contributed by atoms with Crippen LogP contribution in [0.5, 0.6) is 5.75 Å². The molecular formula is C29H30ClF2N3O6S. The van der Waals surface area contributed by atoms with Crippen molar-refractivity contribution in [2.45, 2.75) is 43.6 Å². The fourth-order valence-electron chi connectivity index (χ4n) is 4.60. The van der Waals surface area contributed by atoms with Crippen molar-refractivity contribution in [1.29, 1.82) is 0 Å². The van der Waals surface area contributed by atoms with Crippen LogP contribution in [0.2, 0.25) is 5.02 Å². The van der Waals surface area contributed by atoms with E-state index in [0.717, 1.165) is 11.8 Å². The van der Waals surface area contributed by atoms with Crippen LogP contribution in [0, 0.1) is 17.6 Å². The van der Waals surface area contributed by atoms with Crippen molar-refractivity contribution in [2.24, 2.45) is 5.92 Å². The highest BCUT2D eigenvalue weighted by molar-refractivity contribution is 7.90. The van der Waals surface area contributed by atoms with Gasteiger partial charge >= 0.3 is 6.09 Å². The van der Waals surface area contributed by atoms with Gasteiger partial charge in [-0.3, -0.25) is 9.78 Å². The minimum absolute atomic E-state index is 0.0787. The summed E-state index contributed by atoms with van der Waals surface area (Å²) in [6, 6.07) is 11.0. The number of nitrogens with zero attached hydrogens (tertiary/aromatic N) is 2. The third-order valence-corrected chi connectivity index (χ3v) is 8.16. The van der Waals surface area contributed by atoms with E-state index in [1.54, 1.807) is 42.5 Å². The highest BCUT2D eigenvalue weighted by atomic mass is 35.5. The molecular weight excluding hydrogens is 592 g/mol. The molecule has 4 rings (SSSR count). The highest BCUT2D eigenvalue weighted by Gasteiger charge is 2.35. The number of aromatic nitrogens is 1. The zero-order valence-corrected chi connectivity index (χ0v) is 24.7. The van der Waals surface area contributed by atoms with Crippen LogP contribution in [-0.4, -0.2) is 55.6 Å². The number of nitrogens with one attached hydrogen (secondary N) is 1. The van der Waals surface area contributed by atoms with Crippen LogP contribution in [0.4, 0.5) is 13.6 Å². The van der Waals surface area contributed by atoms with Crippen LogP contribution in [0.25, 0.3) is 0 Å². The molecule has 1 aliphatic rings. The maximum absolute atomic E-state index is 15.1. The van der Waals surface area contributed by atoms with Crippen LogP contribution < -0.4 is 9.46 Å². The Hall–Kier alpha value is -3.77. The molecule has 1 fully saturated rings. The number of ether oxygens (including phenoxy) is 2. The number of carbonyl (C=O) groups excluding carboxylic acids is 2. The maximum Gasteiger partial charge on any atom is 0.410 e. The van der Waals surface area contributed by atoms with Gasteiger partial charge in [-0.25, -0.2) is 26.7 Å². The van der Waals surface area contributed by atoms with Crippen molar-refractivity contribution < 1.29 is 36.3 Å². The van der Waals surface area contributed by atoms with E-state index in [9.17, 15) is 22.4 Å². The summed E-state index contributed by atoms with van der Waals surface area (Å²) < 4.78 is 68.3. The first-order chi connectivity index (χ1) is 19.7. The lowest BCUT2D eigenvalue weighted by molar-refractivity contribution is 0.0110. The molecule has 2 aromatic carbocycles. The number of halogens is 3. The first kappa shape index (κ1) is 31.2. The quantitative estimate of drug-likeness (QED) is 0.368. The Kier molecular flexibility index (Phi) is 9.37. The fourth-order valence-corrected chi connectivity index (χ4v) is 5.77. The summed E-state index contributed by atoms with van der Waals surface area (Å²) in [7, 11) is -4.76. The standard InChI is InChI=1S/C29H30ClF2N3O6S/c1-29(2,3)41-28(37)35-12-10-22(18-6-8-21(30)9-7-18)20(16-35)17-40-25-13-24(32)26(14-23(25)31)42(38,39)34-27(36)19-5-4-11-33-15-19/h4-9,11,13-15,20,22H,10,12,16-17H2,1-3H3,(H,34,36). The summed E-state index contributed by atoms with van der Waals surface area (Å²) in [4.78, 5) is 29.3. The molecule has 9 nitrogen and oxygen atoms in total. The Morgan fingerprint density at radius 1 is 1.12 bits per heavy atom. The monoisotopic (exact) mass is 621 g/mol. The van der Waals surface area contributed by atoms with E-state index in [0.29, 0.717) is 30.1 Å². The number of hydrogen-bond acceptors (Lipinski definition) is 7. The second-order valence-corrected chi connectivity index (χ2v) is 12.9. The Bertz CT molecular complexity index is 1550. The van der Waals surface area contributed by atoms with Crippen LogP contribution in [-0.2, 0) is 14.8 Å². The summed E-state index contributed by atoms with van der Waals surface area (Å²) >= 11 is 6.05. The molecule has 2 amide bonds. The van der Waals surface area contributed by atoms with Gasteiger partial charge in [0, 0.05) is 48.6 Å². The van der Waals surface area contributed by atoms with Crippen LogP contribution in [0.15, 0.2) is 65.8 Å². The zero-order chi connectivity index (χ0) is 30.7. The summed E-state index contributed by atoms with van der Waals surface area (Å²) in [6.07, 6.45) is 2.58. The number of benzene rings is 2. The van der Waals surface area contributed by atoms with Crippen molar-refractivity contribution in [3.05, 3.63) is 88.7 Å². The van der Waals surface area contributed by atoms with Gasteiger partial charge in [-0.2, -0.15) is 0 Å². The predicted molar refractivity (Wildman–Crippen MR) is 151 cm³/mol. The topological polar surface area (TPSA) is 115 Å². The van der Waals surface area contributed by atoms with Crippen molar-refractivity contribution >= 4 is 33.6 Å². The first-order valence-electron chi connectivity index (χ1n) is 13.1. The summed E-state index contributed by atoms with van der Waals surface area (Å²) in [5.41, 5.74) is 0.162. The first-order valence-corrected chi connectivity index (χ1v) is 14.9. The van der Waals surface area contributed by atoms with Crippen molar-refractivity contribution in [3.8, 4) is 5.75 Å². The molecule has 0 saturated carbocycles. The summed E-state index contributed by atoms with van der Waals surface area (Å²) in [5, 5.41) is 0.557. The molecule has 1 aliphatic heterocycles. The Morgan fingerprint density at radius 2 is 1.83 bits per heavy atom. The lowest BCUT2D eigenvalue weighted by atomic mass is 9.81. The van der Waals surface area contributed by atoms with Crippen molar-refractivity contribution in [2.75, 3.05) is 19.7 Å². The smallest absolute Gasteiger partial charge is 0.410 e. The average Bonchev–Trinajstić information content (AvgIpc) is 2.93. The maximum atomic E-state index is 15.1. The molecule has 1 aromatic heterocycles. The Morgan fingerprint density at radius 3 is 2.48 bits per heavy atom. The third kappa shape index (κ3) is 7.74. The minimum Gasteiger partial charge on any atom is -0.490 e. The molecule has 0 bridgehead atoms. The molecule has 2 atom stereocenters. The number of hydrogen-bond donors (Lipinski definition) is 1. The second kappa shape index (κ2) is 12.6. The van der Waals surface area contributed by atoms with E-state index >= 15 is 4.39 Å². The molecule has 2 heterocycles. The highest BCUT2D eigenvalue weighted by Crippen LogP contribution is 2.35. The van der Waals surface area contributed by atoms with Crippen LogP contribution in [0.1, 0.15) is 49.0 Å². The molecule has 1 N–H and O–H groups in total. The predicted octanol–water partition coefficient (Wildman–Crippen LogP) is 5.55. The molecule has 13 heteroatoms. The summed E-state index contributed by atoms with van der Waals surface area (Å²) in [6.45, 7) is 5.80. The van der Waals surface area contributed by atoms with E-state index in [1.165, 1.54) is 18.3 Å². The third-order valence-electron chi connectivity index (χ3n) is 6.56. The Balaban J connectivity index is 1.53. The van der Waals surface area contributed by atoms with Gasteiger partial charge < -0.3 is 14.4 Å². The average molecular weight is 622 g/mol. The number of sulfonamides is 1. The van der Waals surface area contributed by atoms with Gasteiger partial charge in [0.25, 0.3) is 15.9 Å². The largest absolute Gasteiger partial charge is 0.490 e. The van der Waals surface area contributed by atoms with Gasteiger partial charge in [0.05, 0.1) is 12.2 Å². The van der Waals surface area contributed by atoms with Crippen LogP contribution in [0.3, 0.4) is 0 Å². The fraction of sp³-hybridized carbons (Fsp3) is 0.345. The van der Waals surface area contributed by atoms with E-state index in [-0.39, 0.29) is 30.6 Å². The molecule has 0 radical (unpaired) electrons. The molecule has 1 saturated heterocycles. The van der Waals surface area contributed by atoms with Crippen molar-refractivity contribution in [1.82, 2.24) is 14.6 Å². The minimum atomic E-state index is -4.76. The van der Waals surface area contributed by atoms with E-state index in [4.69, 9.17) is 21.1 Å². The van der Waals surface area contributed by atoms with Crippen LogP contribution >= 0.6 is 11.6 Å². The molecule has 0 spiro atoms. The Labute approximate surface area is 247 Å². The zero-order valence-electron chi connectivity index (χ0n) is 23.1. The van der Waals surface area contributed by atoms with E-state index in [1.807, 2.05) is 12.1 Å². The lowest BCUT2D eigenvalue weighted by Gasteiger charge is -2.39. The van der Waals surface area contributed by atoms with Gasteiger partial charge in [-0.05, 0) is 62.9 Å². The number of pyridine rings is 1. The number of amides is 2. The molecule has 0 aliphatic carbocycles. The van der Waals surface area contributed by atoms with Crippen molar-refractivity contribution in [3.63, 3.8) is 0 Å². The molecule has 2 unspecified atom stereocenters. The van der Waals surface area contributed by atoms with Gasteiger partial charge in [0.15, 0.2) is 11.6 Å². The SMILES string of the molecule is CC(C)(C)OC(=O)N1CCC(c2ccc(Cl)cc2)C(COc2cc(F)c(S(=O)(=O)NC(=O)c3cccnc3)cc2F)C1. The van der Waals surface area contributed by atoms with Gasteiger partial charge in [-0.15, -0.1) is 0 Å². The number of likely N-dealkylation sites (tertiary alicyclic amines) is 1. The molecule has 224 valence electrons. The van der Waals surface area contributed by atoms with E-state index in [2.05, 4.69) is 4.98 Å². The number of carbonyl (C=O) groups is 2. The van der Waals surface area contributed by atoms with Gasteiger partial charge in [0.2, 0.25) is 0 Å². The van der Waals surface area contributed by atoms with E-state index < -0.39 is 49.9 Å². The lowest BCUT2D eigenvalue weighted by Crippen LogP contribution is -2.46. The number of piperidine rings is 1. The second-order valence-electron chi connectivity index (χ2n) is 10.8. The van der Waals surface area contributed by atoms with Gasteiger partial charge in [0.1, 0.15) is 16.3 Å². The molecule has 42 heavy (non-hydrogen) atoms. The molecule has 3 aromatic rings.